The van der Waals surface area contributed by atoms with Crippen LogP contribution in [0.1, 0.15) is 45.8 Å². The standard InChI is InChI=1S/C18H21N3O3S/c1-11-7-13(3)14(8-12(11)2)15(22)10-25-18-20-19-16(24-18)9-21-6-4-5-17(21)23/h7-8H,4-6,9-10H2,1-3H3. The van der Waals surface area contributed by atoms with Gasteiger partial charge < -0.3 is 9.32 Å². The average molecular weight is 359 g/mol. The van der Waals surface area contributed by atoms with E-state index in [1.54, 1.807) is 4.90 Å². The minimum atomic E-state index is 0.0417. The molecule has 25 heavy (non-hydrogen) atoms. The van der Waals surface area contributed by atoms with E-state index in [2.05, 4.69) is 10.2 Å². The van der Waals surface area contributed by atoms with Gasteiger partial charge in [-0.3, -0.25) is 9.59 Å². The Morgan fingerprint density at radius 2 is 1.96 bits per heavy atom. The van der Waals surface area contributed by atoms with Gasteiger partial charge in [0.2, 0.25) is 11.8 Å². The van der Waals surface area contributed by atoms with Crippen LogP contribution in [0.3, 0.4) is 0 Å². The minimum absolute atomic E-state index is 0.0417. The lowest BCUT2D eigenvalue weighted by Crippen LogP contribution is -2.23. The Hall–Kier alpha value is -2.15. The Labute approximate surface area is 151 Å². The number of ketones is 1. The second-order valence-electron chi connectivity index (χ2n) is 6.34. The van der Waals surface area contributed by atoms with Gasteiger partial charge in [-0.15, -0.1) is 10.2 Å². The first-order valence-electron chi connectivity index (χ1n) is 8.28. The van der Waals surface area contributed by atoms with E-state index >= 15 is 0 Å². The molecule has 1 amide bonds. The van der Waals surface area contributed by atoms with E-state index in [1.165, 1.54) is 17.3 Å². The molecule has 1 aromatic carbocycles. The van der Waals surface area contributed by atoms with Crippen LogP contribution in [0.5, 0.6) is 0 Å². The first kappa shape index (κ1) is 17.7. The van der Waals surface area contributed by atoms with E-state index in [1.807, 2.05) is 32.9 Å². The van der Waals surface area contributed by atoms with Crippen molar-refractivity contribution >= 4 is 23.5 Å². The van der Waals surface area contributed by atoms with E-state index in [4.69, 9.17) is 4.42 Å². The molecule has 0 saturated carbocycles. The third-order valence-corrected chi connectivity index (χ3v) is 5.23. The predicted molar refractivity (Wildman–Crippen MR) is 94.7 cm³/mol. The Kier molecular flexibility index (Phi) is 5.22. The number of nitrogens with zero attached hydrogens (tertiary/aromatic N) is 3. The molecule has 132 valence electrons. The van der Waals surface area contributed by atoms with Crippen LogP contribution in [0.15, 0.2) is 21.8 Å². The van der Waals surface area contributed by atoms with E-state index in [-0.39, 0.29) is 17.4 Å². The first-order valence-corrected chi connectivity index (χ1v) is 9.26. The van der Waals surface area contributed by atoms with Gasteiger partial charge in [0.05, 0.1) is 12.3 Å². The average Bonchev–Trinajstić information content (AvgIpc) is 3.18. The lowest BCUT2D eigenvalue weighted by atomic mass is 9.99. The summed E-state index contributed by atoms with van der Waals surface area (Å²) in [6.07, 6.45) is 1.46. The molecular weight excluding hydrogens is 338 g/mol. The Morgan fingerprint density at radius 3 is 2.68 bits per heavy atom. The van der Waals surface area contributed by atoms with E-state index < -0.39 is 0 Å². The molecule has 2 heterocycles. The van der Waals surface area contributed by atoms with Crippen molar-refractivity contribution in [3.05, 3.63) is 40.3 Å². The molecule has 1 fully saturated rings. The van der Waals surface area contributed by atoms with Crippen LogP contribution in [0.4, 0.5) is 0 Å². The van der Waals surface area contributed by atoms with E-state index in [0.29, 0.717) is 24.1 Å². The van der Waals surface area contributed by atoms with Crippen molar-refractivity contribution in [3.8, 4) is 0 Å². The molecule has 1 aliphatic heterocycles. The molecule has 0 bridgehead atoms. The van der Waals surface area contributed by atoms with Gasteiger partial charge in [-0.05, 0) is 49.9 Å². The van der Waals surface area contributed by atoms with Crippen LogP contribution in [0.25, 0.3) is 0 Å². The summed E-state index contributed by atoms with van der Waals surface area (Å²) in [4.78, 5) is 25.8. The maximum absolute atomic E-state index is 12.5. The zero-order valence-corrected chi connectivity index (χ0v) is 15.5. The van der Waals surface area contributed by atoms with Gasteiger partial charge in [-0.2, -0.15) is 0 Å². The predicted octanol–water partition coefficient (Wildman–Crippen LogP) is 3.09. The molecule has 0 atom stereocenters. The smallest absolute Gasteiger partial charge is 0.277 e. The van der Waals surface area contributed by atoms with Crippen LogP contribution in [0.2, 0.25) is 0 Å². The highest BCUT2D eigenvalue weighted by Gasteiger charge is 2.22. The number of aryl methyl sites for hydroxylation is 3. The van der Waals surface area contributed by atoms with Crippen molar-refractivity contribution in [2.45, 2.75) is 45.4 Å². The van der Waals surface area contributed by atoms with Gasteiger partial charge >= 0.3 is 0 Å². The molecule has 0 radical (unpaired) electrons. The SMILES string of the molecule is Cc1cc(C)c(C(=O)CSc2nnc(CN3CCCC3=O)o2)cc1C. The van der Waals surface area contributed by atoms with Crippen LogP contribution in [-0.2, 0) is 11.3 Å². The largest absolute Gasteiger partial charge is 0.414 e. The van der Waals surface area contributed by atoms with Gasteiger partial charge in [0.25, 0.3) is 5.22 Å². The van der Waals surface area contributed by atoms with Gasteiger partial charge in [0, 0.05) is 18.5 Å². The molecular formula is C18H21N3O3S. The molecule has 0 unspecified atom stereocenters. The van der Waals surface area contributed by atoms with Crippen molar-refractivity contribution in [3.63, 3.8) is 0 Å². The number of aromatic nitrogens is 2. The Morgan fingerprint density at radius 1 is 1.20 bits per heavy atom. The van der Waals surface area contributed by atoms with Crippen LogP contribution in [0, 0.1) is 20.8 Å². The fourth-order valence-corrected chi connectivity index (χ4v) is 3.52. The number of amides is 1. The molecule has 3 rings (SSSR count). The fourth-order valence-electron chi connectivity index (χ4n) is 2.86. The van der Waals surface area contributed by atoms with Crippen molar-refractivity contribution < 1.29 is 14.0 Å². The molecule has 0 N–H and O–H groups in total. The number of hydrogen-bond acceptors (Lipinski definition) is 6. The molecule has 2 aromatic rings. The van der Waals surface area contributed by atoms with Crippen molar-refractivity contribution in [2.24, 2.45) is 0 Å². The highest BCUT2D eigenvalue weighted by atomic mass is 32.2. The maximum atomic E-state index is 12.5. The maximum Gasteiger partial charge on any atom is 0.277 e. The summed E-state index contributed by atoms with van der Waals surface area (Å²) < 4.78 is 5.55. The molecule has 0 aliphatic carbocycles. The number of likely N-dealkylation sites (tertiary alicyclic amines) is 1. The van der Waals surface area contributed by atoms with Gasteiger partial charge in [-0.1, -0.05) is 17.8 Å². The van der Waals surface area contributed by atoms with Crippen molar-refractivity contribution in [1.29, 1.82) is 0 Å². The van der Waals surface area contributed by atoms with Gasteiger partial charge in [0.15, 0.2) is 5.78 Å². The number of hydrogen-bond donors (Lipinski definition) is 0. The highest BCUT2D eigenvalue weighted by molar-refractivity contribution is 7.99. The summed E-state index contributed by atoms with van der Waals surface area (Å²) in [6, 6.07) is 3.97. The minimum Gasteiger partial charge on any atom is -0.414 e. The molecule has 7 heteroatoms. The number of rotatable bonds is 6. The molecule has 1 aliphatic rings. The lowest BCUT2D eigenvalue weighted by molar-refractivity contribution is -0.128. The summed E-state index contributed by atoms with van der Waals surface area (Å²) in [5, 5.41) is 8.28. The first-order chi connectivity index (χ1) is 11.9. The summed E-state index contributed by atoms with van der Waals surface area (Å²) in [5.74, 6) is 0.814. The summed E-state index contributed by atoms with van der Waals surface area (Å²) in [5.41, 5.74) is 4.00. The van der Waals surface area contributed by atoms with Crippen LogP contribution in [-0.4, -0.2) is 39.1 Å². The van der Waals surface area contributed by atoms with Crippen molar-refractivity contribution in [1.82, 2.24) is 15.1 Å². The quantitative estimate of drug-likeness (QED) is 0.583. The highest BCUT2D eigenvalue weighted by Crippen LogP contribution is 2.22. The fraction of sp³-hybridized carbons (Fsp3) is 0.444. The Bertz CT molecular complexity index is 816. The number of carbonyl (C=O) groups is 2. The molecule has 6 nitrogen and oxygen atoms in total. The van der Waals surface area contributed by atoms with E-state index in [9.17, 15) is 9.59 Å². The monoisotopic (exact) mass is 359 g/mol. The second kappa shape index (κ2) is 7.39. The normalized spacial score (nSPS) is 14.4. The number of thioether (sulfide) groups is 1. The van der Waals surface area contributed by atoms with Crippen LogP contribution >= 0.6 is 11.8 Å². The number of carbonyl (C=O) groups excluding carboxylic acids is 2. The molecule has 0 spiro atoms. The van der Waals surface area contributed by atoms with Gasteiger partial charge in [0.1, 0.15) is 0 Å². The zero-order chi connectivity index (χ0) is 18.0. The summed E-state index contributed by atoms with van der Waals surface area (Å²) in [7, 11) is 0. The topological polar surface area (TPSA) is 76.3 Å². The van der Waals surface area contributed by atoms with Crippen LogP contribution < -0.4 is 0 Å². The molecule has 1 aromatic heterocycles. The number of Topliss-reactive ketones (excluding diaryl/α,β-unsaturated/α-hetero) is 1. The molecule has 1 saturated heterocycles. The van der Waals surface area contributed by atoms with E-state index in [0.717, 1.165) is 29.7 Å². The third-order valence-electron chi connectivity index (χ3n) is 4.41. The second-order valence-corrected chi connectivity index (χ2v) is 7.27. The third kappa shape index (κ3) is 4.10. The Balaban J connectivity index is 1.59. The zero-order valence-electron chi connectivity index (χ0n) is 14.7. The van der Waals surface area contributed by atoms with Gasteiger partial charge in [-0.25, -0.2) is 0 Å². The number of benzene rings is 1. The summed E-state index contributed by atoms with van der Waals surface area (Å²) in [6.45, 7) is 7.06. The summed E-state index contributed by atoms with van der Waals surface area (Å²) >= 11 is 1.23. The van der Waals surface area contributed by atoms with Crippen molar-refractivity contribution in [2.75, 3.05) is 12.3 Å². The lowest BCUT2D eigenvalue weighted by Gasteiger charge is -2.11.